The summed E-state index contributed by atoms with van der Waals surface area (Å²) < 4.78 is 28.7. The number of sulfone groups is 1. The van der Waals surface area contributed by atoms with E-state index in [1.807, 2.05) is 0 Å². The Labute approximate surface area is 124 Å². The molecule has 0 aliphatic rings. The summed E-state index contributed by atoms with van der Waals surface area (Å²) in [5.41, 5.74) is 0.137. The zero-order valence-corrected chi connectivity index (χ0v) is 14.2. The van der Waals surface area contributed by atoms with Crippen molar-refractivity contribution < 1.29 is 13.2 Å². The molecule has 1 unspecified atom stereocenters. The Morgan fingerprint density at radius 2 is 1.95 bits per heavy atom. The third-order valence-electron chi connectivity index (χ3n) is 3.10. The lowest BCUT2D eigenvalue weighted by molar-refractivity contribution is 0.166. The highest BCUT2D eigenvalue weighted by molar-refractivity contribution is 9.09. The molecule has 3 nitrogen and oxygen atoms in total. The molecule has 0 radical (unpaired) electrons. The minimum absolute atomic E-state index is 0.137. The van der Waals surface area contributed by atoms with Crippen LogP contribution < -0.4 is 4.74 Å². The second kappa shape index (κ2) is 6.27. The second-order valence-corrected chi connectivity index (χ2v) is 8.44. The van der Waals surface area contributed by atoms with Gasteiger partial charge in [-0.25, -0.2) is 8.42 Å². The highest BCUT2D eigenvalue weighted by Gasteiger charge is 2.24. The van der Waals surface area contributed by atoms with E-state index < -0.39 is 9.84 Å². The molecule has 5 heteroatoms. The Morgan fingerprint density at radius 1 is 1.32 bits per heavy atom. The van der Waals surface area contributed by atoms with Crippen molar-refractivity contribution in [1.29, 1.82) is 0 Å². The molecule has 0 saturated heterocycles. The standard InChI is InChI=1S/C14H21BrO3S/c1-14(2,3)11(9-15)10-18-12-6-5-7-13(8-12)19(4,16)17/h5-8,11H,9-10H2,1-4H3. The first-order valence-electron chi connectivity index (χ1n) is 6.13. The number of ether oxygens (including phenoxy) is 1. The van der Waals surface area contributed by atoms with Gasteiger partial charge in [-0.3, -0.25) is 0 Å². The number of halogens is 1. The predicted molar refractivity (Wildman–Crippen MR) is 81.8 cm³/mol. The molecule has 0 saturated carbocycles. The average Bonchev–Trinajstić information content (AvgIpc) is 2.27. The second-order valence-electron chi connectivity index (χ2n) is 5.78. The van der Waals surface area contributed by atoms with E-state index in [1.165, 1.54) is 6.26 Å². The fourth-order valence-electron chi connectivity index (χ4n) is 1.52. The molecule has 0 fully saturated rings. The normalized spacial score (nSPS) is 14.2. The molecule has 0 spiro atoms. The van der Waals surface area contributed by atoms with E-state index in [2.05, 4.69) is 36.7 Å². The first kappa shape index (κ1) is 16.5. The van der Waals surface area contributed by atoms with Crippen LogP contribution in [0.5, 0.6) is 5.75 Å². The quantitative estimate of drug-likeness (QED) is 0.764. The van der Waals surface area contributed by atoms with Crippen LogP contribution in [0.1, 0.15) is 20.8 Å². The van der Waals surface area contributed by atoms with Gasteiger partial charge in [-0.05, 0) is 23.6 Å². The van der Waals surface area contributed by atoms with Crippen molar-refractivity contribution >= 4 is 25.8 Å². The van der Waals surface area contributed by atoms with Crippen molar-refractivity contribution in [1.82, 2.24) is 0 Å². The Morgan fingerprint density at radius 3 is 2.42 bits per heavy atom. The summed E-state index contributed by atoms with van der Waals surface area (Å²) in [5.74, 6) is 0.951. The van der Waals surface area contributed by atoms with Gasteiger partial charge in [-0.15, -0.1) is 0 Å². The van der Waals surface area contributed by atoms with Crippen molar-refractivity contribution in [2.45, 2.75) is 25.7 Å². The first-order chi connectivity index (χ1) is 8.64. The molecule has 1 aromatic rings. The van der Waals surface area contributed by atoms with Crippen LogP contribution in [0, 0.1) is 11.3 Å². The van der Waals surface area contributed by atoms with Crippen LogP contribution >= 0.6 is 15.9 Å². The highest BCUT2D eigenvalue weighted by Crippen LogP contribution is 2.28. The molecule has 1 atom stereocenters. The van der Waals surface area contributed by atoms with Crippen LogP contribution in [0.2, 0.25) is 0 Å². The third-order valence-corrected chi connectivity index (χ3v) is 4.99. The van der Waals surface area contributed by atoms with Crippen LogP contribution in [-0.4, -0.2) is 26.6 Å². The van der Waals surface area contributed by atoms with Gasteiger partial charge in [-0.1, -0.05) is 42.8 Å². The maximum atomic E-state index is 11.5. The molecule has 0 bridgehead atoms. The van der Waals surface area contributed by atoms with Crippen LogP contribution in [0.15, 0.2) is 29.2 Å². The van der Waals surface area contributed by atoms with Gasteiger partial charge in [0.05, 0.1) is 11.5 Å². The topological polar surface area (TPSA) is 43.4 Å². The summed E-state index contributed by atoms with van der Waals surface area (Å²) in [5, 5.41) is 0.849. The lowest BCUT2D eigenvalue weighted by Gasteiger charge is -2.29. The minimum atomic E-state index is -3.19. The van der Waals surface area contributed by atoms with Crippen LogP contribution in [-0.2, 0) is 9.84 Å². The molecular formula is C14H21BrO3S. The number of hydrogen-bond donors (Lipinski definition) is 0. The smallest absolute Gasteiger partial charge is 0.175 e. The van der Waals surface area contributed by atoms with Gasteiger partial charge in [0.25, 0.3) is 0 Å². The Hall–Kier alpha value is -0.550. The van der Waals surface area contributed by atoms with E-state index in [9.17, 15) is 8.42 Å². The molecule has 19 heavy (non-hydrogen) atoms. The Kier molecular flexibility index (Phi) is 5.44. The summed E-state index contributed by atoms with van der Waals surface area (Å²) >= 11 is 3.50. The molecule has 0 amide bonds. The molecule has 0 aliphatic carbocycles. The zero-order chi connectivity index (χ0) is 14.7. The molecule has 108 valence electrons. The van der Waals surface area contributed by atoms with Crippen LogP contribution in [0.4, 0.5) is 0 Å². The van der Waals surface area contributed by atoms with Gasteiger partial charge in [0.15, 0.2) is 9.84 Å². The average molecular weight is 349 g/mol. The van der Waals surface area contributed by atoms with Crippen molar-refractivity contribution in [2.24, 2.45) is 11.3 Å². The maximum Gasteiger partial charge on any atom is 0.175 e. The molecule has 0 heterocycles. The van der Waals surface area contributed by atoms with Crippen molar-refractivity contribution in [3.63, 3.8) is 0 Å². The number of rotatable bonds is 5. The first-order valence-corrected chi connectivity index (χ1v) is 9.15. The maximum absolute atomic E-state index is 11.5. The van der Waals surface area contributed by atoms with E-state index in [0.717, 1.165) is 5.33 Å². The SMILES string of the molecule is CC(C)(C)C(CBr)COc1cccc(S(C)(=O)=O)c1. The van der Waals surface area contributed by atoms with E-state index >= 15 is 0 Å². The summed E-state index contributed by atoms with van der Waals surface area (Å²) in [7, 11) is -3.19. The minimum Gasteiger partial charge on any atom is -0.493 e. The van der Waals surface area contributed by atoms with Gasteiger partial charge >= 0.3 is 0 Å². The third kappa shape index (κ3) is 5.15. The fraction of sp³-hybridized carbons (Fsp3) is 0.571. The molecule has 1 aromatic carbocycles. The van der Waals surface area contributed by atoms with Gasteiger partial charge in [0.2, 0.25) is 0 Å². The molecule has 0 aliphatic heterocycles. The zero-order valence-electron chi connectivity index (χ0n) is 11.8. The Balaban J connectivity index is 2.79. The van der Waals surface area contributed by atoms with Crippen LogP contribution in [0.3, 0.4) is 0 Å². The van der Waals surface area contributed by atoms with Gasteiger partial charge in [-0.2, -0.15) is 0 Å². The van der Waals surface area contributed by atoms with Gasteiger partial charge in [0, 0.05) is 17.5 Å². The number of benzene rings is 1. The van der Waals surface area contributed by atoms with Crippen molar-refractivity contribution in [3.8, 4) is 5.75 Å². The summed E-state index contributed by atoms with van der Waals surface area (Å²) in [6.45, 7) is 7.04. The summed E-state index contributed by atoms with van der Waals surface area (Å²) in [6.07, 6.45) is 1.20. The lowest BCUT2D eigenvalue weighted by Crippen LogP contribution is -2.27. The molecule has 0 N–H and O–H groups in total. The molecule has 1 rings (SSSR count). The monoisotopic (exact) mass is 348 g/mol. The fourth-order valence-corrected chi connectivity index (χ4v) is 3.33. The van der Waals surface area contributed by atoms with Crippen LogP contribution in [0.25, 0.3) is 0 Å². The van der Waals surface area contributed by atoms with Crippen molar-refractivity contribution in [3.05, 3.63) is 24.3 Å². The highest BCUT2D eigenvalue weighted by atomic mass is 79.9. The lowest BCUT2D eigenvalue weighted by atomic mass is 9.83. The number of alkyl halides is 1. The Bertz CT molecular complexity index is 518. The van der Waals surface area contributed by atoms with E-state index in [-0.39, 0.29) is 10.3 Å². The number of hydrogen-bond acceptors (Lipinski definition) is 3. The molecule has 0 aromatic heterocycles. The van der Waals surface area contributed by atoms with E-state index in [1.54, 1.807) is 24.3 Å². The molecular weight excluding hydrogens is 328 g/mol. The van der Waals surface area contributed by atoms with Crippen molar-refractivity contribution in [2.75, 3.05) is 18.2 Å². The largest absolute Gasteiger partial charge is 0.493 e. The predicted octanol–water partition coefficient (Wildman–Crippen LogP) is 3.53. The van der Waals surface area contributed by atoms with Gasteiger partial charge in [0.1, 0.15) is 5.75 Å². The summed E-state index contributed by atoms with van der Waals surface area (Å²) in [6, 6.07) is 6.63. The van der Waals surface area contributed by atoms with E-state index in [0.29, 0.717) is 18.3 Å². The summed E-state index contributed by atoms with van der Waals surface area (Å²) in [4.78, 5) is 0.288. The van der Waals surface area contributed by atoms with E-state index in [4.69, 9.17) is 4.74 Å². The van der Waals surface area contributed by atoms with Gasteiger partial charge < -0.3 is 4.74 Å².